The molecular weight excluding hydrogens is 502 g/mol. The van der Waals surface area contributed by atoms with Crippen molar-refractivity contribution in [3.63, 3.8) is 0 Å². The van der Waals surface area contributed by atoms with Crippen LogP contribution >= 0.6 is 34.7 Å². The molecule has 0 saturated carbocycles. The van der Waals surface area contributed by atoms with Crippen LogP contribution in [0.3, 0.4) is 0 Å². The number of carboxylic acids is 1. The molecule has 3 aromatic rings. The van der Waals surface area contributed by atoms with Crippen LogP contribution in [0.5, 0.6) is 5.75 Å². The molecule has 6 nitrogen and oxygen atoms in total. The number of thioether (sulfide) groups is 1. The number of thiophene rings is 1. The maximum absolute atomic E-state index is 12.8. The first-order chi connectivity index (χ1) is 15.7. The average molecular weight is 528 g/mol. The first-order valence-corrected chi connectivity index (χ1v) is 14.2. The Morgan fingerprint density at radius 1 is 1.18 bits per heavy atom. The predicted octanol–water partition coefficient (Wildman–Crippen LogP) is 5.18. The number of fused-ring (bicyclic) bond motifs is 1. The van der Waals surface area contributed by atoms with Crippen molar-refractivity contribution in [3.05, 3.63) is 52.5 Å². The zero-order chi connectivity index (χ0) is 24.0. The highest BCUT2D eigenvalue weighted by Crippen LogP contribution is 2.36. The molecule has 0 radical (unpaired) electrons. The van der Waals surface area contributed by atoms with E-state index in [-0.39, 0.29) is 12.4 Å². The molecule has 0 atom stereocenters. The van der Waals surface area contributed by atoms with Crippen molar-refractivity contribution < 1.29 is 23.1 Å². The minimum absolute atomic E-state index is 0.103. The SMILES string of the molecule is Cc1cc(SCCNCCCS(=O)(=O)c2sc3cc(Cl)ccc3c2C)ccc1OCC(=O)O. The Labute approximate surface area is 207 Å². The average Bonchev–Trinajstić information content (AvgIpc) is 3.08. The fraction of sp³-hybridized carbons (Fsp3) is 0.348. The highest BCUT2D eigenvalue weighted by atomic mass is 35.5. The van der Waals surface area contributed by atoms with Crippen LogP contribution in [0.1, 0.15) is 17.5 Å². The van der Waals surface area contributed by atoms with Gasteiger partial charge in [-0.25, -0.2) is 13.2 Å². The molecule has 0 spiro atoms. The molecule has 10 heteroatoms. The maximum atomic E-state index is 12.8. The summed E-state index contributed by atoms with van der Waals surface area (Å²) >= 11 is 9.00. The Morgan fingerprint density at radius 2 is 1.97 bits per heavy atom. The number of hydrogen-bond acceptors (Lipinski definition) is 7. The Balaban J connectivity index is 1.41. The Bertz CT molecular complexity index is 1240. The van der Waals surface area contributed by atoms with Gasteiger partial charge in [-0.3, -0.25) is 0 Å². The highest BCUT2D eigenvalue weighted by Gasteiger charge is 2.21. The summed E-state index contributed by atoms with van der Waals surface area (Å²) in [5, 5.41) is 13.5. The van der Waals surface area contributed by atoms with Crippen molar-refractivity contribution in [1.82, 2.24) is 5.32 Å². The number of carbonyl (C=O) groups is 1. The summed E-state index contributed by atoms with van der Waals surface area (Å²) in [4.78, 5) is 11.7. The Hall–Kier alpha value is -1.78. The summed E-state index contributed by atoms with van der Waals surface area (Å²) in [5.41, 5.74) is 1.68. The molecule has 2 aromatic carbocycles. The molecule has 178 valence electrons. The number of sulfone groups is 1. The minimum atomic E-state index is -3.34. The van der Waals surface area contributed by atoms with Crippen molar-refractivity contribution in [3.8, 4) is 5.75 Å². The molecule has 0 unspecified atom stereocenters. The second-order valence-electron chi connectivity index (χ2n) is 7.54. The second-order valence-corrected chi connectivity index (χ2v) is 12.5. The van der Waals surface area contributed by atoms with E-state index in [0.717, 1.165) is 38.4 Å². The first-order valence-electron chi connectivity index (χ1n) is 10.4. The number of aliphatic carboxylic acids is 1. The summed E-state index contributed by atoms with van der Waals surface area (Å²) < 4.78 is 32.2. The standard InChI is InChI=1S/C23H26ClNO5S3/c1-15-12-18(5-7-20(15)30-14-22(26)27)31-10-9-25-8-3-11-33(28,29)23-16(2)19-6-4-17(24)13-21(19)32-23/h4-7,12-13,25H,3,8-11,14H2,1-2H3,(H,26,27). The van der Waals surface area contributed by atoms with Crippen LogP contribution in [-0.2, 0) is 14.6 Å². The van der Waals surface area contributed by atoms with E-state index in [1.165, 1.54) is 11.3 Å². The normalized spacial score (nSPS) is 11.7. The molecule has 0 amide bonds. The van der Waals surface area contributed by atoms with E-state index in [1.54, 1.807) is 23.9 Å². The number of benzene rings is 2. The van der Waals surface area contributed by atoms with E-state index in [1.807, 2.05) is 38.1 Å². The van der Waals surface area contributed by atoms with Gasteiger partial charge in [0.05, 0.1) is 5.75 Å². The largest absolute Gasteiger partial charge is 0.482 e. The lowest BCUT2D eigenvalue weighted by molar-refractivity contribution is -0.139. The number of halogens is 1. The van der Waals surface area contributed by atoms with Crippen LogP contribution in [0.15, 0.2) is 45.5 Å². The predicted molar refractivity (Wildman–Crippen MR) is 136 cm³/mol. The number of hydrogen-bond donors (Lipinski definition) is 2. The molecule has 0 bridgehead atoms. The van der Waals surface area contributed by atoms with Crippen LogP contribution in [0, 0.1) is 13.8 Å². The molecule has 2 N–H and O–H groups in total. The molecule has 1 heterocycles. The lowest BCUT2D eigenvalue weighted by atomic mass is 10.2. The van der Waals surface area contributed by atoms with Crippen LogP contribution in [0.2, 0.25) is 5.02 Å². The minimum Gasteiger partial charge on any atom is -0.482 e. The van der Waals surface area contributed by atoms with Crippen molar-refractivity contribution in [2.45, 2.75) is 29.4 Å². The van der Waals surface area contributed by atoms with Gasteiger partial charge in [0.2, 0.25) is 0 Å². The zero-order valence-corrected chi connectivity index (χ0v) is 21.6. The van der Waals surface area contributed by atoms with Crippen molar-refractivity contribution in [1.29, 1.82) is 0 Å². The highest BCUT2D eigenvalue weighted by molar-refractivity contribution is 7.99. The van der Waals surface area contributed by atoms with Gasteiger partial charge < -0.3 is 15.2 Å². The van der Waals surface area contributed by atoms with Crippen LogP contribution < -0.4 is 10.1 Å². The quantitative estimate of drug-likeness (QED) is 0.247. The van der Waals surface area contributed by atoms with E-state index in [0.29, 0.717) is 27.9 Å². The zero-order valence-electron chi connectivity index (χ0n) is 18.4. The third-order valence-corrected chi connectivity index (χ3v) is 9.94. The molecule has 1 aromatic heterocycles. The van der Waals surface area contributed by atoms with Gasteiger partial charge in [-0.05, 0) is 73.7 Å². The van der Waals surface area contributed by atoms with E-state index in [2.05, 4.69) is 5.32 Å². The summed E-state index contributed by atoms with van der Waals surface area (Å²) in [5.74, 6) is 0.497. The van der Waals surface area contributed by atoms with Crippen molar-refractivity contribution >= 4 is 60.6 Å². The fourth-order valence-electron chi connectivity index (χ4n) is 3.33. The van der Waals surface area contributed by atoms with Gasteiger partial charge in [-0.15, -0.1) is 23.1 Å². The van der Waals surface area contributed by atoms with Crippen molar-refractivity contribution in [2.75, 3.05) is 31.2 Å². The molecule has 0 fully saturated rings. The number of aryl methyl sites for hydroxylation is 2. The molecule has 33 heavy (non-hydrogen) atoms. The second kappa shape index (κ2) is 11.6. The number of ether oxygens (including phenoxy) is 1. The van der Waals surface area contributed by atoms with E-state index < -0.39 is 15.8 Å². The van der Waals surface area contributed by atoms with Gasteiger partial charge in [0, 0.05) is 26.9 Å². The molecule has 0 aliphatic carbocycles. The lowest BCUT2D eigenvalue weighted by Gasteiger charge is -2.09. The summed E-state index contributed by atoms with van der Waals surface area (Å²) in [6, 6.07) is 11.1. The van der Waals surface area contributed by atoms with Crippen LogP contribution in [0.4, 0.5) is 0 Å². The Morgan fingerprint density at radius 3 is 2.70 bits per heavy atom. The third kappa shape index (κ3) is 7.10. The van der Waals surface area contributed by atoms with E-state index >= 15 is 0 Å². The number of rotatable bonds is 12. The number of carboxylic acid groups (broad SMARTS) is 1. The van der Waals surface area contributed by atoms with E-state index in [4.69, 9.17) is 21.4 Å². The summed E-state index contributed by atoms with van der Waals surface area (Å²) in [7, 11) is -3.34. The molecule has 0 aliphatic rings. The van der Waals surface area contributed by atoms with Gasteiger partial charge in [0.15, 0.2) is 16.4 Å². The van der Waals surface area contributed by atoms with Gasteiger partial charge in [0.1, 0.15) is 9.96 Å². The summed E-state index contributed by atoms with van der Waals surface area (Å²) in [6.45, 7) is 4.75. The fourth-order valence-corrected chi connectivity index (χ4v) is 7.77. The van der Waals surface area contributed by atoms with Gasteiger partial charge in [-0.1, -0.05) is 17.7 Å². The maximum Gasteiger partial charge on any atom is 0.341 e. The number of nitrogens with one attached hydrogen (secondary N) is 1. The molecule has 3 rings (SSSR count). The first kappa shape index (κ1) is 25.8. The van der Waals surface area contributed by atoms with Gasteiger partial charge in [-0.2, -0.15) is 0 Å². The monoisotopic (exact) mass is 527 g/mol. The smallest absolute Gasteiger partial charge is 0.341 e. The van der Waals surface area contributed by atoms with Gasteiger partial charge >= 0.3 is 5.97 Å². The van der Waals surface area contributed by atoms with E-state index in [9.17, 15) is 13.2 Å². The van der Waals surface area contributed by atoms with Crippen molar-refractivity contribution in [2.24, 2.45) is 0 Å². The Kier molecular flexibility index (Phi) is 9.06. The van der Waals surface area contributed by atoms with Gasteiger partial charge in [0.25, 0.3) is 0 Å². The molecule has 0 saturated heterocycles. The lowest BCUT2D eigenvalue weighted by Crippen LogP contribution is -2.21. The molecular formula is C23H26ClNO5S3. The van der Waals surface area contributed by atoms with Crippen LogP contribution in [-0.4, -0.2) is 50.7 Å². The topological polar surface area (TPSA) is 92.7 Å². The third-order valence-electron chi connectivity index (χ3n) is 4.95. The molecule has 0 aliphatic heterocycles. The van der Waals surface area contributed by atoms with Crippen LogP contribution in [0.25, 0.3) is 10.1 Å². The summed E-state index contributed by atoms with van der Waals surface area (Å²) in [6.07, 6.45) is 0.538.